The van der Waals surface area contributed by atoms with Gasteiger partial charge in [0.25, 0.3) is 0 Å². The van der Waals surface area contributed by atoms with Crippen LogP contribution in [0, 0.1) is 23.7 Å². The molecule has 5 atom stereocenters. The SMILES string of the molecule is CC1CN(CC2NCC3CCCC32)CC1C. The number of hydrogen-bond acceptors (Lipinski definition) is 2. The lowest BCUT2D eigenvalue weighted by molar-refractivity contribution is 0.258. The number of fused-ring (bicyclic) bond motifs is 1. The molecule has 0 radical (unpaired) electrons. The average molecular weight is 222 g/mol. The van der Waals surface area contributed by atoms with Crippen LogP contribution >= 0.6 is 0 Å². The third kappa shape index (κ3) is 1.91. The van der Waals surface area contributed by atoms with Crippen LogP contribution in [0.1, 0.15) is 33.1 Å². The molecule has 2 heterocycles. The minimum atomic E-state index is 0.810. The lowest BCUT2D eigenvalue weighted by atomic mass is 9.94. The molecule has 2 saturated heterocycles. The summed E-state index contributed by atoms with van der Waals surface area (Å²) in [6.45, 7) is 10.1. The van der Waals surface area contributed by atoms with Crippen molar-refractivity contribution in [3.05, 3.63) is 0 Å². The van der Waals surface area contributed by atoms with Gasteiger partial charge in [-0.3, -0.25) is 0 Å². The maximum atomic E-state index is 3.77. The molecule has 1 aliphatic carbocycles. The Morgan fingerprint density at radius 3 is 2.62 bits per heavy atom. The van der Waals surface area contributed by atoms with Crippen molar-refractivity contribution in [1.82, 2.24) is 10.2 Å². The minimum absolute atomic E-state index is 0.810. The van der Waals surface area contributed by atoms with Crippen LogP contribution in [-0.2, 0) is 0 Å². The first-order valence-corrected chi connectivity index (χ1v) is 7.20. The average Bonchev–Trinajstić information content (AvgIpc) is 2.88. The first-order valence-electron chi connectivity index (χ1n) is 7.20. The van der Waals surface area contributed by atoms with Gasteiger partial charge in [0.05, 0.1) is 0 Å². The Balaban J connectivity index is 1.55. The summed E-state index contributed by atoms with van der Waals surface area (Å²) in [5.74, 6) is 3.83. The highest BCUT2D eigenvalue weighted by atomic mass is 15.2. The Morgan fingerprint density at radius 2 is 1.88 bits per heavy atom. The molecule has 2 aliphatic heterocycles. The van der Waals surface area contributed by atoms with Gasteiger partial charge < -0.3 is 10.2 Å². The Labute approximate surface area is 99.8 Å². The Kier molecular flexibility index (Phi) is 2.97. The minimum Gasteiger partial charge on any atom is -0.312 e. The fourth-order valence-electron chi connectivity index (χ4n) is 4.18. The smallest absolute Gasteiger partial charge is 0.0226 e. The van der Waals surface area contributed by atoms with Gasteiger partial charge in [-0.15, -0.1) is 0 Å². The molecule has 0 spiro atoms. The van der Waals surface area contributed by atoms with Gasteiger partial charge >= 0.3 is 0 Å². The second-order valence-corrected chi connectivity index (χ2v) is 6.54. The quantitative estimate of drug-likeness (QED) is 0.768. The van der Waals surface area contributed by atoms with Crippen molar-refractivity contribution < 1.29 is 0 Å². The largest absolute Gasteiger partial charge is 0.312 e. The van der Waals surface area contributed by atoms with Crippen molar-refractivity contribution in [3.63, 3.8) is 0 Å². The van der Waals surface area contributed by atoms with E-state index >= 15 is 0 Å². The van der Waals surface area contributed by atoms with Crippen molar-refractivity contribution in [2.75, 3.05) is 26.2 Å². The number of nitrogens with zero attached hydrogens (tertiary/aromatic N) is 1. The predicted molar refractivity (Wildman–Crippen MR) is 67.4 cm³/mol. The maximum absolute atomic E-state index is 3.77. The molecule has 5 unspecified atom stereocenters. The highest BCUT2D eigenvalue weighted by Gasteiger charge is 2.40. The van der Waals surface area contributed by atoms with Crippen LogP contribution in [0.2, 0.25) is 0 Å². The molecule has 0 aromatic rings. The number of rotatable bonds is 2. The predicted octanol–water partition coefficient (Wildman–Crippen LogP) is 1.96. The molecule has 3 rings (SSSR count). The molecule has 2 heteroatoms. The van der Waals surface area contributed by atoms with E-state index in [1.807, 2.05) is 0 Å². The van der Waals surface area contributed by atoms with E-state index in [9.17, 15) is 0 Å². The number of hydrogen-bond donors (Lipinski definition) is 1. The molecule has 92 valence electrons. The number of nitrogens with one attached hydrogen (secondary N) is 1. The summed E-state index contributed by atoms with van der Waals surface area (Å²) >= 11 is 0. The second-order valence-electron chi connectivity index (χ2n) is 6.54. The monoisotopic (exact) mass is 222 g/mol. The zero-order chi connectivity index (χ0) is 11.1. The Morgan fingerprint density at radius 1 is 1.12 bits per heavy atom. The van der Waals surface area contributed by atoms with Gasteiger partial charge in [0.15, 0.2) is 0 Å². The summed E-state index contributed by atoms with van der Waals surface area (Å²) < 4.78 is 0. The van der Waals surface area contributed by atoms with Gasteiger partial charge in [-0.1, -0.05) is 20.3 Å². The molecule has 0 aromatic carbocycles. The van der Waals surface area contributed by atoms with Gasteiger partial charge in [0, 0.05) is 25.7 Å². The summed E-state index contributed by atoms with van der Waals surface area (Å²) in [5, 5.41) is 3.77. The lowest BCUT2D eigenvalue weighted by Gasteiger charge is -2.24. The molecule has 0 aromatic heterocycles. The summed E-state index contributed by atoms with van der Waals surface area (Å²) in [4.78, 5) is 2.70. The van der Waals surface area contributed by atoms with Gasteiger partial charge in [0.1, 0.15) is 0 Å². The molecule has 16 heavy (non-hydrogen) atoms. The standard InChI is InChI=1S/C14H26N2/c1-10-7-16(8-11(10)2)9-14-13-5-3-4-12(13)6-15-14/h10-15H,3-9H2,1-2H3. The maximum Gasteiger partial charge on any atom is 0.0226 e. The Bertz CT molecular complexity index is 243. The van der Waals surface area contributed by atoms with Gasteiger partial charge in [0.2, 0.25) is 0 Å². The van der Waals surface area contributed by atoms with Gasteiger partial charge in [-0.2, -0.15) is 0 Å². The first kappa shape index (κ1) is 11.0. The van der Waals surface area contributed by atoms with E-state index in [4.69, 9.17) is 0 Å². The third-order valence-corrected chi connectivity index (χ3v) is 5.40. The topological polar surface area (TPSA) is 15.3 Å². The summed E-state index contributed by atoms with van der Waals surface area (Å²) in [6, 6.07) is 0.810. The van der Waals surface area contributed by atoms with Crippen LogP contribution < -0.4 is 5.32 Å². The van der Waals surface area contributed by atoms with Crippen molar-refractivity contribution >= 4 is 0 Å². The third-order valence-electron chi connectivity index (χ3n) is 5.40. The van der Waals surface area contributed by atoms with E-state index in [-0.39, 0.29) is 0 Å². The lowest BCUT2D eigenvalue weighted by Crippen LogP contribution is -2.39. The van der Waals surface area contributed by atoms with Gasteiger partial charge in [-0.25, -0.2) is 0 Å². The van der Waals surface area contributed by atoms with E-state index in [0.29, 0.717) is 0 Å². The molecule has 2 nitrogen and oxygen atoms in total. The molecule has 1 N–H and O–H groups in total. The first-order chi connectivity index (χ1) is 7.74. The normalized spacial score (nSPS) is 48.8. The van der Waals surface area contributed by atoms with Crippen LogP contribution in [0.25, 0.3) is 0 Å². The fraction of sp³-hybridized carbons (Fsp3) is 1.00. The molecular weight excluding hydrogens is 196 g/mol. The molecule has 0 amide bonds. The van der Waals surface area contributed by atoms with Crippen LogP contribution in [0.5, 0.6) is 0 Å². The van der Waals surface area contributed by atoms with Crippen LogP contribution in [0.3, 0.4) is 0 Å². The molecule has 1 saturated carbocycles. The van der Waals surface area contributed by atoms with Crippen LogP contribution in [0.15, 0.2) is 0 Å². The van der Waals surface area contributed by atoms with Gasteiger partial charge in [-0.05, 0) is 43.1 Å². The second kappa shape index (κ2) is 4.30. The highest BCUT2D eigenvalue weighted by Crippen LogP contribution is 2.38. The zero-order valence-corrected chi connectivity index (χ0v) is 10.8. The summed E-state index contributed by atoms with van der Waals surface area (Å²) in [6.07, 6.45) is 4.46. The van der Waals surface area contributed by atoms with Crippen molar-refractivity contribution in [2.45, 2.75) is 39.2 Å². The van der Waals surface area contributed by atoms with Crippen LogP contribution in [0.4, 0.5) is 0 Å². The van der Waals surface area contributed by atoms with Crippen molar-refractivity contribution in [1.29, 1.82) is 0 Å². The summed E-state index contributed by atoms with van der Waals surface area (Å²) in [7, 11) is 0. The van der Waals surface area contributed by atoms with E-state index in [2.05, 4.69) is 24.1 Å². The molecule has 3 aliphatic rings. The highest BCUT2D eigenvalue weighted by molar-refractivity contribution is 4.96. The molecular formula is C14H26N2. The Hall–Kier alpha value is -0.0800. The van der Waals surface area contributed by atoms with Crippen molar-refractivity contribution in [2.24, 2.45) is 23.7 Å². The molecule has 0 bridgehead atoms. The zero-order valence-electron chi connectivity index (χ0n) is 10.8. The van der Waals surface area contributed by atoms with E-state index in [1.165, 1.54) is 45.4 Å². The van der Waals surface area contributed by atoms with E-state index in [1.54, 1.807) is 0 Å². The van der Waals surface area contributed by atoms with E-state index < -0.39 is 0 Å². The van der Waals surface area contributed by atoms with E-state index in [0.717, 1.165) is 29.7 Å². The van der Waals surface area contributed by atoms with Crippen molar-refractivity contribution in [3.8, 4) is 0 Å². The number of likely N-dealkylation sites (tertiary alicyclic amines) is 1. The summed E-state index contributed by atoms with van der Waals surface area (Å²) in [5.41, 5.74) is 0. The molecule has 3 fully saturated rings. The van der Waals surface area contributed by atoms with Crippen LogP contribution in [-0.4, -0.2) is 37.1 Å². The fourth-order valence-corrected chi connectivity index (χ4v) is 4.18.